The molecule has 2 heterocycles. The van der Waals surface area contributed by atoms with Crippen LogP contribution >= 0.6 is 11.3 Å². The number of hydrogen-bond acceptors (Lipinski definition) is 4. The Labute approximate surface area is 132 Å². The summed E-state index contributed by atoms with van der Waals surface area (Å²) in [5.41, 5.74) is 0. The van der Waals surface area contributed by atoms with Gasteiger partial charge in [-0.05, 0) is 38.6 Å². The van der Waals surface area contributed by atoms with Crippen LogP contribution in [0.4, 0.5) is 0 Å². The molecule has 1 aromatic heterocycles. The Morgan fingerprint density at radius 1 is 1.43 bits per heavy atom. The van der Waals surface area contributed by atoms with Crippen molar-refractivity contribution in [2.75, 3.05) is 26.7 Å². The molecule has 1 fully saturated rings. The van der Waals surface area contributed by atoms with Crippen LogP contribution in [-0.2, 0) is 4.79 Å². The highest BCUT2D eigenvalue weighted by molar-refractivity contribution is 7.12. The lowest BCUT2D eigenvalue weighted by atomic mass is 10.1. The molecule has 2 unspecified atom stereocenters. The number of rotatable bonds is 6. The van der Waals surface area contributed by atoms with Gasteiger partial charge in [-0.25, -0.2) is 0 Å². The first-order valence-electron chi connectivity index (χ1n) is 7.75. The molecule has 1 amide bonds. The number of amides is 1. The third-order valence-electron chi connectivity index (χ3n) is 4.16. The van der Waals surface area contributed by atoms with E-state index in [1.165, 1.54) is 9.75 Å². The fourth-order valence-electron chi connectivity index (χ4n) is 2.63. The number of nitrogens with zero attached hydrogens (tertiary/aromatic N) is 2. The van der Waals surface area contributed by atoms with E-state index in [1.807, 2.05) is 4.90 Å². The van der Waals surface area contributed by atoms with Crippen molar-refractivity contribution in [3.63, 3.8) is 0 Å². The standard InChI is InChI=1S/C16H27N3OS/c1-6-18(5)9-10-19-15(13-8-7-12(4)21-13)17-14(11(2)3)16(19)20/h7-8,11,14-15,17H,6,9-10H2,1-5H3. The van der Waals surface area contributed by atoms with Gasteiger partial charge in [0, 0.05) is 22.8 Å². The van der Waals surface area contributed by atoms with Crippen molar-refractivity contribution >= 4 is 17.2 Å². The van der Waals surface area contributed by atoms with Gasteiger partial charge in [-0.2, -0.15) is 0 Å². The first kappa shape index (κ1) is 16.5. The second kappa shape index (κ2) is 6.90. The van der Waals surface area contributed by atoms with Gasteiger partial charge in [-0.1, -0.05) is 20.8 Å². The summed E-state index contributed by atoms with van der Waals surface area (Å²) in [6, 6.07) is 4.21. The molecule has 1 aliphatic heterocycles. The van der Waals surface area contributed by atoms with Crippen LogP contribution in [0.3, 0.4) is 0 Å². The lowest BCUT2D eigenvalue weighted by Crippen LogP contribution is -2.38. The van der Waals surface area contributed by atoms with Gasteiger partial charge in [0.15, 0.2) is 0 Å². The zero-order valence-corrected chi connectivity index (χ0v) is 14.5. The van der Waals surface area contributed by atoms with Crippen LogP contribution in [-0.4, -0.2) is 48.4 Å². The van der Waals surface area contributed by atoms with Crippen LogP contribution in [0.2, 0.25) is 0 Å². The fourth-order valence-corrected chi connectivity index (χ4v) is 3.58. The summed E-state index contributed by atoms with van der Waals surface area (Å²) in [6.07, 6.45) is 0.0360. The Bertz CT molecular complexity index is 486. The van der Waals surface area contributed by atoms with Gasteiger partial charge in [0.25, 0.3) is 0 Å². The van der Waals surface area contributed by atoms with Crippen molar-refractivity contribution < 1.29 is 4.79 Å². The van der Waals surface area contributed by atoms with Crippen molar-refractivity contribution in [2.45, 2.75) is 39.9 Å². The quantitative estimate of drug-likeness (QED) is 0.877. The molecule has 0 aromatic carbocycles. The van der Waals surface area contributed by atoms with Gasteiger partial charge in [-0.3, -0.25) is 10.1 Å². The van der Waals surface area contributed by atoms with Crippen molar-refractivity contribution in [1.82, 2.24) is 15.1 Å². The minimum atomic E-state index is -0.0654. The zero-order valence-electron chi connectivity index (χ0n) is 13.7. The van der Waals surface area contributed by atoms with Gasteiger partial charge < -0.3 is 9.80 Å². The maximum Gasteiger partial charge on any atom is 0.241 e. The number of carbonyl (C=O) groups excluding carboxylic acids is 1. The minimum absolute atomic E-state index is 0.0360. The smallest absolute Gasteiger partial charge is 0.241 e. The summed E-state index contributed by atoms with van der Waals surface area (Å²) < 4.78 is 0. The Balaban J connectivity index is 2.17. The highest BCUT2D eigenvalue weighted by Gasteiger charge is 2.41. The first-order valence-corrected chi connectivity index (χ1v) is 8.57. The van der Waals surface area contributed by atoms with Gasteiger partial charge in [0.2, 0.25) is 5.91 Å². The van der Waals surface area contributed by atoms with Crippen LogP contribution in [0, 0.1) is 12.8 Å². The average Bonchev–Trinajstić information content (AvgIpc) is 3.00. The molecule has 0 spiro atoms. The van der Waals surface area contributed by atoms with Crippen LogP contribution in [0.1, 0.15) is 36.7 Å². The molecule has 0 radical (unpaired) electrons. The topological polar surface area (TPSA) is 35.6 Å². The highest BCUT2D eigenvalue weighted by atomic mass is 32.1. The van der Waals surface area contributed by atoms with Crippen molar-refractivity contribution in [2.24, 2.45) is 5.92 Å². The number of nitrogens with one attached hydrogen (secondary N) is 1. The third-order valence-corrected chi connectivity index (χ3v) is 5.21. The molecule has 0 aliphatic carbocycles. The number of aryl methyl sites for hydroxylation is 1. The molecule has 5 heteroatoms. The van der Waals surface area contributed by atoms with Gasteiger partial charge in [0.1, 0.15) is 6.17 Å². The van der Waals surface area contributed by atoms with E-state index in [4.69, 9.17) is 0 Å². The van der Waals surface area contributed by atoms with E-state index >= 15 is 0 Å². The van der Waals surface area contributed by atoms with E-state index in [9.17, 15) is 4.79 Å². The van der Waals surface area contributed by atoms with Crippen LogP contribution in [0.25, 0.3) is 0 Å². The molecule has 1 aromatic rings. The molecule has 118 valence electrons. The van der Waals surface area contributed by atoms with E-state index < -0.39 is 0 Å². The summed E-state index contributed by atoms with van der Waals surface area (Å²) in [5.74, 6) is 0.556. The largest absolute Gasteiger partial charge is 0.319 e. The van der Waals surface area contributed by atoms with Crippen molar-refractivity contribution in [1.29, 1.82) is 0 Å². The van der Waals surface area contributed by atoms with E-state index in [1.54, 1.807) is 11.3 Å². The summed E-state index contributed by atoms with van der Waals surface area (Å²) in [5, 5.41) is 3.53. The van der Waals surface area contributed by atoms with Crippen molar-refractivity contribution in [3.05, 3.63) is 21.9 Å². The highest BCUT2D eigenvalue weighted by Crippen LogP contribution is 2.31. The van der Waals surface area contributed by atoms with Crippen LogP contribution in [0.15, 0.2) is 12.1 Å². The molecule has 1 aliphatic rings. The molecular weight excluding hydrogens is 282 g/mol. The summed E-state index contributed by atoms with van der Waals surface area (Å²) in [6.45, 7) is 11.2. The maximum atomic E-state index is 12.7. The molecule has 21 heavy (non-hydrogen) atoms. The maximum absolute atomic E-state index is 12.7. The Morgan fingerprint density at radius 2 is 2.14 bits per heavy atom. The van der Waals surface area contributed by atoms with Gasteiger partial charge in [0.05, 0.1) is 6.04 Å². The summed E-state index contributed by atoms with van der Waals surface area (Å²) in [4.78, 5) is 19.5. The lowest BCUT2D eigenvalue weighted by Gasteiger charge is -2.25. The molecule has 1 saturated heterocycles. The van der Waals surface area contributed by atoms with E-state index in [2.05, 4.69) is 57.1 Å². The van der Waals surface area contributed by atoms with Crippen LogP contribution in [0.5, 0.6) is 0 Å². The SMILES string of the molecule is CCN(C)CCN1C(=O)C(C(C)C)NC1c1ccc(C)s1. The predicted octanol–water partition coefficient (Wildman–Crippen LogP) is 2.46. The average molecular weight is 309 g/mol. The lowest BCUT2D eigenvalue weighted by molar-refractivity contribution is -0.130. The summed E-state index contributed by atoms with van der Waals surface area (Å²) in [7, 11) is 2.10. The molecular formula is C16H27N3OS. The number of hydrogen-bond donors (Lipinski definition) is 1. The van der Waals surface area contributed by atoms with Crippen molar-refractivity contribution in [3.8, 4) is 0 Å². The van der Waals surface area contributed by atoms with E-state index in [0.717, 1.165) is 19.6 Å². The first-order chi connectivity index (χ1) is 9.93. The molecule has 2 atom stereocenters. The molecule has 4 nitrogen and oxygen atoms in total. The number of likely N-dealkylation sites (N-methyl/N-ethyl adjacent to an activating group) is 1. The third kappa shape index (κ3) is 3.65. The van der Waals surface area contributed by atoms with Crippen LogP contribution < -0.4 is 5.32 Å². The second-order valence-electron chi connectivity index (χ2n) is 6.17. The monoisotopic (exact) mass is 309 g/mol. The van der Waals surface area contributed by atoms with Gasteiger partial charge in [-0.15, -0.1) is 11.3 Å². The molecule has 2 rings (SSSR count). The number of thiophene rings is 1. The molecule has 1 N–H and O–H groups in total. The minimum Gasteiger partial charge on any atom is -0.319 e. The summed E-state index contributed by atoms with van der Waals surface area (Å²) >= 11 is 1.77. The molecule has 0 bridgehead atoms. The van der Waals surface area contributed by atoms with E-state index in [0.29, 0.717) is 5.92 Å². The zero-order chi connectivity index (χ0) is 15.6. The normalized spacial score (nSPS) is 22.8. The Kier molecular flexibility index (Phi) is 5.41. The second-order valence-corrected chi connectivity index (χ2v) is 7.49. The predicted molar refractivity (Wildman–Crippen MR) is 88.4 cm³/mol. The van der Waals surface area contributed by atoms with Gasteiger partial charge >= 0.3 is 0 Å². The number of carbonyl (C=O) groups is 1. The Hall–Kier alpha value is -0.910. The molecule has 0 saturated carbocycles. The van der Waals surface area contributed by atoms with E-state index in [-0.39, 0.29) is 18.1 Å². The Morgan fingerprint density at radius 3 is 2.67 bits per heavy atom. The fraction of sp³-hybridized carbons (Fsp3) is 0.688.